The first-order chi connectivity index (χ1) is 21.4. The Hall–Kier alpha value is -4.94. The van der Waals surface area contributed by atoms with E-state index in [1.165, 1.54) is 31.3 Å². The molecule has 2 fully saturated rings. The quantitative estimate of drug-likeness (QED) is 0.292. The molecule has 5 N–H and O–H groups in total. The average Bonchev–Trinajstić information content (AvgIpc) is 3.51. The zero-order valence-electron chi connectivity index (χ0n) is 24.5. The summed E-state index contributed by atoms with van der Waals surface area (Å²) >= 11 is 0. The number of amides is 2. The van der Waals surface area contributed by atoms with E-state index in [4.69, 9.17) is 10.2 Å². The summed E-state index contributed by atoms with van der Waals surface area (Å²) in [5.41, 5.74) is 4.38. The van der Waals surface area contributed by atoms with Crippen molar-refractivity contribution in [2.45, 2.75) is 31.0 Å². The number of benzene rings is 2. The summed E-state index contributed by atoms with van der Waals surface area (Å²) in [6.07, 6.45) is 1.55. The lowest BCUT2D eigenvalue weighted by Gasteiger charge is -2.52. The minimum Gasteiger partial charge on any atom is -0.507 e. The van der Waals surface area contributed by atoms with E-state index in [0.717, 1.165) is 0 Å². The van der Waals surface area contributed by atoms with Gasteiger partial charge in [-0.25, -0.2) is 0 Å². The van der Waals surface area contributed by atoms with E-state index in [0.29, 0.717) is 28.0 Å². The third-order valence-electron chi connectivity index (χ3n) is 9.38. The molecule has 1 aromatic heterocycles. The lowest BCUT2D eigenvalue weighted by molar-refractivity contribution is -0.181. The predicted octanol–water partition coefficient (Wildman–Crippen LogP) is 1.06. The Morgan fingerprint density at radius 3 is 2.49 bits per heavy atom. The summed E-state index contributed by atoms with van der Waals surface area (Å²) < 4.78 is 5.26. The van der Waals surface area contributed by atoms with Crippen LogP contribution in [-0.2, 0) is 32.1 Å². The lowest BCUT2D eigenvalue weighted by Crippen LogP contribution is -2.74. The molecule has 45 heavy (non-hydrogen) atoms. The molecule has 12 heteroatoms. The van der Waals surface area contributed by atoms with Gasteiger partial charge in [0.1, 0.15) is 11.5 Å². The third kappa shape index (κ3) is 4.59. The molecular weight excluding hydrogens is 582 g/mol. The number of nitrogens with one attached hydrogen (secondary N) is 1. The molecule has 2 aromatic carbocycles. The highest BCUT2D eigenvalue weighted by Gasteiger charge is 2.69. The van der Waals surface area contributed by atoms with Crippen LogP contribution in [0.15, 0.2) is 59.2 Å². The van der Waals surface area contributed by atoms with Crippen LogP contribution in [0.3, 0.4) is 0 Å². The maximum absolute atomic E-state index is 14.0. The van der Waals surface area contributed by atoms with Gasteiger partial charge in [-0.05, 0) is 79.9 Å². The standard InChI is InChI=1S/C33H31N3O9/c1-36(2)26-21-13-17-12-20-19(15-5-3-6-16(11-15)32(43)35-14-18-7-4-10-45-18)8-9-22(37)24(20)27(38)23(17)29(40)33(21,44)30(41)25(28(26)39)31(34)42/h3-11,17,21,23,25-26,37,44H,12-14H2,1-2H3,(H2,34,42)(H,35,43)/t17-,21-,23?,25?,26+,33-/m0/s1. The molecule has 1 heterocycles. The van der Waals surface area contributed by atoms with Crippen molar-refractivity contribution in [1.82, 2.24) is 10.2 Å². The molecule has 3 aromatic rings. The van der Waals surface area contributed by atoms with Crippen LogP contribution < -0.4 is 11.1 Å². The maximum Gasteiger partial charge on any atom is 0.251 e. The Morgan fingerprint density at radius 2 is 1.82 bits per heavy atom. The largest absolute Gasteiger partial charge is 0.507 e. The van der Waals surface area contributed by atoms with E-state index in [9.17, 15) is 39.0 Å². The molecule has 2 unspecified atom stereocenters. The summed E-state index contributed by atoms with van der Waals surface area (Å²) in [5.74, 6) is -10.9. The molecular formula is C33H31N3O9. The zero-order valence-corrected chi connectivity index (χ0v) is 24.5. The number of carbonyl (C=O) groups is 6. The number of phenols is 1. The van der Waals surface area contributed by atoms with Crippen molar-refractivity contribution in [1.29, 1.82) is 0 Å². The minimum atomic E-state index is -2.79. The number of hydrogen-bond donors (Lipinski definition) is 4. The van der Waals surface area contributed by atoms with Crippen molar-refractivity contribution < 1.29 is 43.4 Å². The molecule has 12 nitrogen and oxygen atoms in total. The second-order valence-electron chi connectivity index (χ2n) is 12.1. The number of fused-ring (bicyclic) bond motifs is 3. The summed E-state index contributed by atoms with van der Waals surface area (Å²) in [4.78, 5) is 81.3. The van der Waals surface area contributed by atoms with Crippen LogP contribution in [0.5, 0.6) is 5.75 Å². The topological polar surface area (TPSA) is 197 Å². The van der Waals surface area contributed by atoms with Gasteiger partial charge < -0.3 is 25.7 Å². The number of hydrogen-bond acceptors (Lipinski definition) is 10. The molecule has 3 aliphatic carbocycles. The summed E-state index contributed by atoms with van der Waals surface area (Å²) in [5, 5.41) is 25.4. The summed E-state index contributed by atoms with van der Waals surface area (Å²) in [6.45, 7) is 0.183. The fraction of sp³-hybridized carbons (Fsp3) is 0.333. The second kappa shape index (κ2) is 10.9. The minimum absolute atomic E-state index is 0.0613. The number of aromatic hydroxyl groups is 1. The van der Waals surface area contributed by atoms with Gasteiger partial charge in [-0.2, -0.15) is 0 Å². The van der Waals surface area contributed by atoms with Gasteiger partial charge in [-0.3, -0.25) is 33.7 Å². The SMILES string of the molecule is CN(C)[C@H]1C(=O)C(C(N)=O)C(=O)[C@@]2(O)C(=O)C3C(=O)c4c(O)ccc(-c5cccc(C(=O)NCc6ccco6)c5)c4C[C@H]3C[C@@H]12. The van der Waals surface area contributed by atoms with Gasteiger partial charge in [0.05, 0.1) is 30.3 Å². The molecule has 3 aliphatic rings. The summed E-state index contributed by atoms with van der Waals surface area (Å²) in [6, 6.07) is 11.9. The fourth-order valence-electron chi connectivity index (χ4n) is 7.39. The summed E-state index contributed by atoms with van der Waals surface area (Å²) in [7, 11) is 3.06. The van der Waals surface area contributed by atoms with Gasteiger partial charge in [0.25, 0.3) is 5.91 Å². The number of carbonyl (C=O) groups excluding carboxylic acids is 6. The van der Waals surface area contributed by atoms with Crippen LogP contribution in [0.4, 0.5) is 0 Å². The van der Waals surface area contributed by atoms with Crippen molar-refractivity contribution in [2.24, 2.45) is 29.4 Å². The number of rotatable bonds is 6. The molecule has 2 amide bonds. The van der Waals surface area contributed by atoms with Crippen LogP contribution in [-0.4, -0.2) is 75.8 Å². The highest BCUT2D eigenvalue weighted by atomic mass is 16.3. The van der Waals surface area contributed by atoms with E-state index in [1.54, 1.807) is 42.5 Å². The van der Waals surface area contributed by atoms with Crippen molar-refractivity contribution in [2.75, 3.05) is 14.1 Å². The van der Waals surface area contributed by atoms with E-state index >= 15 is 0 Å². The van der Waals surface area contributed by atoms with E-state index < -0.39 is 64.4 Å². The van der Waals surface area contributed by atoms with Crippen molar-refractivity contribution in [3.8, 4) is 16.9 Å². The highest BCUT2D eigenvalue weighted by Crippen LogP contribution is 2.51. The molecule has 0 saturated heterocycles. The molecule has 0 spiro atoms. The van der Waals surface area contributed by atoms with Crippen molar-refractivity contribution in [3.05, 3.63) is 77.2 Å². The predicted molar refractivity (Wildman–Crippen MR) is 157 cm³/mol. The molecule has 0 bridgehead atoms. The van der Waals surface area contributed by atoms with Crippen LogP contribution in [0, 0.1) is 23.7 Å². The number of nitrogens with zero attached hydrogens (tertiary/aromatic N) is 1. The second-order valence-corrected chi connectivity index (χ2v) is 12.1. The number of nitrogens with two attached hydrogens (primary N) is 1. The van der Waals surface area contributed by atoms with Crippen molar-refractivity contribution >= 4 is 34.9 Å². The Bertz CT molecular complexity index is 1780. The number of aliphatic hydroxyl groups is 1. The average molecular weight is 614 g/mol. The molecule has 6 rings (SSSR count). The Morgan fingerprint density at radius 1 is 1.07 bits per heavy atom. The third-order valence-corrected chi connectivity index (χ3v) is 9.38. The number of primary amides is 1. The molecule has 0 radical (unpaired) electrons. The zero-order chi connectivity index (χ0) is 32.4. The highest BCUT2D eigenvalue weighted by molar-refractivity contribution is 6.32. The first kappa shape index (κ1) is 30.1. The Balaban J connectivity index is 1.39. The number of ketones is 4. The van der Waals surface area contributed by atoms with Gasteiger partial charge in [0, 0.05) is 11.5 Å². The van der Waals surface area contributed by atoms with Crippen molar-refractivity contribution in [3.63, 3.8) is 0 Å². The molecule has 2 saturated carbocycles. The fourth-order valence-corrected chi connectivity index (χ4v) is 7.39. The number of phenolic OH excluding ortho intramolecular Hbond substituents is 1. The smallest absolute Gasteiger partial charge is 0.251 e. The number of Topliss-reactive ketones (excluding diaryl/α,β-unsaturated/α-hetero) is 4. The molecule has 6 atom stereocenters. The Labute approximate surface area is 257 Å². The van der Waals surface area contributed by atoms with Crippen LogP contribution in [0.2, 0.25) is 0 Å². The van der Waals surface area contributed by atoms with E-state index in [1.807, 2.05) is 0 Å². The van der Waals surface area contributed by atoms with Crippen LogP contribution >= 0.6 is 0 Å². The normalized spacial score (nSPS) is 27.5. The lowest BCUT2D eigenvalue weighted by atomic mass is 9.52. The maximum atomic E-state index is 14.0. The van der Waals surface area contributed by atoms with Gasteiger partial charge in [0.15, 0.2) is 34.7 Å². The van der Waals surface area contributed by atoms with E-state index in [2.05, 4.69) is 5.32 Å². The first-order valence-corrected chi connectivity index (χ1v) is 14.5. The van der Waals surface area contributed by atoms with Crippen LogP contribution in [0.1, 0.15) is 38.5 Å². The Kier molecular flexibility index (Phi) is 7.29. The number of likely N-dealkylation sites (N-methyl/N-ethyl adjacent to an activating group) is 1. The van der Waals surface area contributed by atoms with Crippen LogP contribution in [0.25, 0.3) is 11.1 Å². The first-order valence-electron chi connectivity index (χ1n) is 14.5. The van der Waals surface area contributed by atoms with E-state index in [-0.39, 0.29) is 36.6 Å². The van der Waals surface area contributed by atoms with Gasteiger partial charge in [-0.1, -0.05) is 18.2 Å². The van der Waals surface area contributed by atoms with Gasteiger partial charge in [0.2, 0.25) is 5.91 Å². The molecule has 0 aliphatic heterocycles. The van der Waals surface area contributed by atoms with Gasteiger partial charge >= 0.3 is 0 Å². The number of furan rings is 1. The van der Waals surface area contributed by atoms with Gasteiger partial charge in [-0.15, -0.1) is 0 Å². The molecule has 232 valence electrons. The monoisotopic (exact) mass is 613 g/mol.